The van der Waals surface area contributed by atoms with E-state index in [0.29, 0.717) is 6.92 Å². The summed E-state index contributed by atoms with van der Waals surface area (Å²) in [5, 5.41) is 148. The number of carboxylic acids is 4. The molecule has 71 nitrogen and oxygen atoms in total. The lowest BCUT2D eigenvalue weighted by Gasteiger charge is -2.50. The smallest absolute Gasteiger partial charge is 0.397 e. The van der Waals surface area contributed by atoms with E-state index < -0.39 is 388 Å². The number of fused-ring (bicyclic) bond motifs is 2. The highest BCUT2D eigenvalue weighted by Gasteiger charge is 2.64. The predicted octanol–water partition coefficient (Wildman–Crippen LogP) is -18.6. The molecule has 8 fully saturated rings. The van der Waals surface area contributed by atoms with E-state index in [2.05, 4.69) is 25.1 Å². The van der Waals surface area contributed by atoms with E-state index in [9.17, 15) is 207 Å². The average molecular weight is 2090 g/mol. The van der Waals surface area contributed by atoms with Gasteiger partial charge in [-0.1, -0.05) is 0 Å². The van der Waals surface area contributed by atoms with Gasteiger partial charge in [-0.25, -0.2) is 44.3 Å². The minimum absolute atomic E-state index is 0.228. The van der Waals surface area contributed by atoms with Crippen molar-refractivity contribution < 1.29 is 308 Å². The van der Waals surface area contributed by atoms with Crippen LogP contribution in [0.4, 0.5) is 0 Å². The van der Waals surface area contributed by atoms with Gasteiger partial charge >= 0.3 is 117 Å². The SMILES string of the molecule is CC(=O)N[C@H]1[C@@H](O[C@H]2[C@H](O)[C@@H](O)[C@H](O[C@H]3[C@H](OS(=O)(=O)O)[C@@H](NS(=O)(=O)O)[C@@H](O[C@H]4[C@H](O)[C@@H](OS(=O)(=O)O)[C@H](O[C@H]5[C@H](O)[C@@H](NS(=O)(=O)O)[C@@H]6OC[C@H]5O6)O[C@H]4C(=O)O)O[C@@H]3COS(=O)(=O)O)O[C@@H]2C(=O)O)O[C@H](COS(=O)(=O)O)[C@@H](O[C@@H]2O[C@@H](C(=O)O)[C@@H](O[C@H]3O[C@H](COS(=O)(=O)O)[C@@H](O[C@@H]4OC(C(=O)O)=C[C@H](O)[C@H]4OS(=O)(=O)O)[C@H](O)[C@H]3NS(=O)(=O)O)[C@H](O)[C@H]2O)[C@@H]1O. The van der Waals surface area contributed by atoms with Crippen LogP contribution in [0, 0.1) is 0 Å². The Kier molecular flexibility index (Phi) is 34.7. The first kappa shape index (κ1) is 108. The van der Waals surface area contributed by atoms with Gasteiger partial charge in [0.15, 0.2) is 74.6 Å². The van der Waals surface area contributed by atoms with Crippen LogP contribution >= 0.6 is 0 Å². The molecule has 0 spiro atoms. The van der Waals surface area contributed by atoms with Crippen LogP contribution in [-0.4, -0.2) is 473 Å². The predicted molar refractivity (Wildman–Crippen MR) is 373 cm³/mol. The number of aliphatic carboxylic acids is 4. The molecule has 0 unspecified atom stereocenters. The molecule has 9 heterocycles. The summed E-state index contributed by atoms with van der Waals surface area (Å²) in [4.78, 5) is 64.5. The first-order valence-corrected chi connectivity index (χ1v) is 47.4. The van der Waals surface area contributed by atoms with Crippen LogP contribution in [0.2, 0.25) is 0 Å². The number of carbonyl (C=O) groups is 5. The molecule has 26 N–H and O–H groups in total. The van der Waals surface area contributed by atoms with Gasteiger partial charge in [-0.3, -0.25) is 45.8 Å². The number of ether oxygens (including phenoxy) is 16. The monoisotopic (exact) mass is 2090 g/mol. The van der Waals surface area contributed by atoms with Crippen molar-refractivity contribution in [2.24, 2.45) is 0 Å². The van der Waals surface area contributed by atoms with Crippen LogP contribution < -0.4 is 19.5 Å². The highest BCUT2D eigenvalue weighted by atomic mass is 32.3. The number of hydrogen-bond donors (Lipinski definition) is 26. The zero-order valence-electron chi connectivity index (χ0n) is 63.2. The van der Waals surface area contributed by atoms with Crippen LogP contribution in [0.1, 0.15) is 6.92 Å². The Bertz CT molecular complexity index is 5190. The fraction of sp³-hybridized carbons (Fsp3) is 0.860. The quantitative estimate of drug-likeness (QED) is 0.0253. The lowest BCUT2D eigenvalue weighted by molar-refractivity contribution is -0.379. The van der Waals surface area contributed by atoms with Crippen LogP contribution in [0.25, 0.3) is 0 Å². The summed E-state index contributed by atoms with van der Waals surface area (Å²) >= 11 is 0. The van der Waals surface area contributed by atoms with E-state index in [-0.39, 0.29) is 6.08 Å². The number of rotatable bonds is 40. The van der Waals surface area contributed by atoms with Gasteiger partial charge in [-0.05, 0) is 6.08 Å². The molecular formula is C50H76N4O67S9. The van der Waals surface area contributed by atoms with Gasteiger partial charge in [0, 0.05) is 6.92 Å². The number of aliphatic hydroxyl groups excluding tert-OH is 9. The zero-order valence-corrected chi connectivity index (χ0v) is 70.6. The Hall–Kier alpha value is -5.24. The lowest BCUT2D eigenvalue weighted by Crippen LogP contribution is -2.71. The van der Waals surface area contributed by atoms with Gasteiger partial charge in [-0.15, -0.1) is 0 Å². The molecule has 8 saturated heterocycles. The molecule has 9 rings (SSSR count). The van der Waals surface area contributed by atoms with Gasteiger partial charge < -0.3 is 147 Å². The molecule has 0 aliphatic carbocycles. The normalized spacial score (nSPS) is 40.4. The Labute approximate surface area is 725 Å². The first-order valence-electron chi connectivity index (χ1n) is 34.9. The molecule has 752 valence electrons. The van der Waals surface area contributed by atoms with Gasteiger partial charge in [0.1, 0.15) is 152 Å². The summed E-state index contributed by atoms with van der Waals surface area (Å²) in [6.07, 6.45) is -97.3. The Morgan fingerprint density at radius 1 is 0.346 bits per heavy atom. The highest BCUT2D eigenvalue weighted by molar-refractivity contribution is 7.84. The van der Waals surface area contributed by atoms with Crippen molar-refractivity contribution in [2.45, 2.75) is 240 Å². The summed E-state index contributed by atoms with van der Waals surface area (Å²) in [6.45, 7) is -5.77. The standard InChI is InChI=1S/C50H76N4O67S9/c1-7(55)51-14-18(57)28(109-47-23(62)21(60)33(37(116-47)41(69)70)114-45-16(53-123(76,77)78)20(59)29(12(107-45)5-102-126(85,86)87)110-49-26(119-128(91,92)93)8(56)2-9(104-49)39(65)66)11(4-101-125(82,83)84)106-44(14)113-32-22(61)24(63)48(117-36(32)40(67)68)112-30-13(6-103-127(88,89)90)108-46(17(54-124(79,80)81)31(30)120-129(94,95)96)115-34-25(64)35(121-130(97,98)99)50(118-38(34)42(71)72)111-27-10-3-100-43(105-10)15(19(27)58)52-122(73,74)75/h2,8,10-38,43-50,52-54,56-64H,3-6H2,1H3,(H,51,55)(H,65,66)(H,67,68)(H,69,70)(H,71,72)(H,73,74,75)(H,76,77,78)(H,79,80,81)(H,82,83,84)(H,85,86,87)(H,88,89,90)(H,91,92,93)(H,94,95,96)(H,97,98,99)/t8-,10+,11+,12+,13+,14+,15+,16+,17+,18+,19+,20+,21+,22+,23+,24+,25-,26+,27+,28+,29+,30+,31+,32-,33-,34-,35+,36-,37+,38+,43+,44+,45+,46+,47+,48+,49-,50+/m0/s1. The third kappa shape index (κ3) is 28.7. The van der Waals surface area contributed by atoms with Gasteiger partial charge in [0.2, 0.25) is 18.0 Å². The van der Waals surface area contributed by atoms with E-state index in [1.807, 2.05) is 5.32 Å². The van der Waals surface area contributed by atoms with Gasteiger partial charge in [0.05, 0.1) is 26.4 Å². The zero-order chi connectivity index (χ0) is 97.8. The Morgan fingerprint density at radius 2 is 0.685 bits per heavy atom. The fourth-order valence-corrected chi connectivity index (χ4v) is 18.0. The van der Waals surface area contributed by atoms with Crippen molar-refractivity contribution in [3.8, 4) is 0 Å². The number of hydrogen-bond acceptors (Lipinski definition) is 54. The molecule has 0 radical (unpaired) electrons. The summed E-state index contributed by atoms with van der Waals surface area (Å²) in [6, 6.07) is -10.8. The molecule has 9 aliphatic rings. The van der Waals surface area contributed by atoms with Gasteiger partial charge in [0.25, 0.3) is 0 Å². The van der Waals surface area contributed by atoms with Crippen molar-refractivity contribution in [1.82, 2.24) is 19.5 Å². The van der Waals surface area contributed by atoms with Crippen molar-refractivity contribution in [3.63, 3.8) is 0 Å². The third-order valence-electron chi connectivity index (χ3n) is 18.9. The van der Waals surface area contributed by atoms with Crippen molar-refractivity contribution in [1.29, 1.82) is 0 Å². The minimum Gasteiger partial charge on any atom is -0.479 e. The maximum atomic E-state index is 13.4. The van der Waals surface area contributed by atoms with E-state index in [0.717, 1.165) is 4.72 Å². The third-order valence-corrected chi connectivity index (χ3v) is 23.3. The molecule has 2 bridgehead atoms. The second kappa shape index (κ2) is 41.6. The van der Waals surface area contributed by atoms with E-state index in [1.165, 1.54) is 9.44 Å². The van der Waals surface area contributed by atoms with E-state index >= 15 is 0 Å². The van der Waals surface area contributed by atoms with Crippen LogP contribution in [0.3, 0.4) is 0 Å². The minimum atomic E-state index is -6.44. The molecule has 1 amide bonds. The number of carboxylic acid groups (broad SMARTS) is 4. The molecule has 0 saturated carbocycles. The largest absolute Gasteiger partial charge is 0.479 e. The number of amides is 1. The van der Waals surface area contributed by atoms with Crippen molar-refractivity contribution in [3.05, 3.63) is 11.8 Å². The molecule has 0 aromatic heterocycles. The summed E-state index contributed by atoms with van der Waals surface area (Å²) in [5.41, 5.74) is 0. The maximum absolute atomic E-state index is 13.4. The second-order valence-corrected chi connectivity index (χ2v) is 37.9. The summed E-state index contributed by atoms with van der Waals surface area (Å²) in [5.74, 6) is -12.2. The summed E-state index contributed by atoms with van der Waals surface area (Å²) in [7, 11) is -53.3. The van der Waals surface area contributed by atoms with E-state index in [4.69, 9.17) is 75.8 Å². The lowest BCUT2D eigenvalue weighted by atomic mass is 9.93. The van der Waals surface area contributed by atoms with Gasteiger partial charge in [-0.2, -0.15) is 89.9 Å². The molecule has 38 atom stereocenters. The van der Waals surface area contributed by atoms with Crippen LogP contribution in [0.15, 0.2) is 11.8 Å². The first-order chi connectivity index (χ1) is 59.4. The molecule has 0 aromatic rings. The molecule has 80 heteroatoms. The maximum Gasteiger partial charge on any atom is 0.397 e. The number of aliphatic hydroxyl groups is 9. The van der Waals surface area contributed by atoms with Crippen molar-refractivity contribution in [2.75, 3.05) is 26.4 Å². The van der Waals surface area contributed by atoms with Crippen molar-refractivity contribution >= 4 is 123 Å². The molecule has 130 heavy (non-hydrogen) atoms. The fourth-order valence-electron chi connectivity index (χ4n) is 13.9. The summed E-state index contributed by atoms with van der Waals surface area (Å²) < 4.78 is 426. The van der Waals surface area contributed by atoms with Crippen LogP contribution in [-0.2, 0) is 218 Å². The highest BCUT2D eigenvalue weighted by Crippen LogP contribution is 2.42. The molecule has 0 aromatic carbocycles. The Morgan fingerprint density at radius 3 is 1.09 bits per heavy atom. The Balaban J connectivity index is 0.999. The number of carbonyl (C=O) groups excluding carboxylic acids is 1. The van der Waals surface area contributed by atoms with E-state index in [1.54, 1.807) is 0 Å². The topological polar surface area (TPSA) is 1090 Å². The average Bonchev–Trinajstić information content (AvgIpc) is 0.887. The molecular weight excluding hydrogens is 2020 g/mol. The number of nitrogens with one attached hydrogen (secondary N) is 4. The van der Waals surface area contributed by atoms with Crippen LogP contribution in [0.5, 0.6) is 0 Å². The second-order valence-electron chi connectivity index (χ2n) is 27.9. The molecule has 9 aliphatic heterocycles.